The monoisotopic (exact) mass is 767 g/mol. The van der Waals surface area contributed by atoms with Gasteiger partial charge in [0, 0.05) is 19.3 Å². The molecule has 8 heteroatoms. The van der Waals surface area contributed by atoms with Gasteiger partial charge in [-0.25, -0.2) is 4.79 Å². The molecular formula is C47H76NO7+. The van der Waals surface area contributed by atoms with Crippen LogP contribution in [0.1, 0.15) is 129 Å². The molecule has 0 spiro atoms. The van der Waals surface area contributed by atoms with Crippen molar-refractivity contribution in [3.63, 3.8) is 0 Å². The zero-order valence-corrected chi connectivity index (χ0v) is 35.1. The van der Waals surface area contributed by atoms with Crippen LogP contribution in [0.25, 0.3) is 0 Å². The summed E-state index contributed by atoms with van der Waals surface area (Å²) in [6.07, 6.45) is 48.9. The molecular weight excluding hydrogens is 691 g/mol. The summed E-state index contributed by atoms with van der Waals surface area (Å²) in [6, 6.07) is -0.632. The van der Waals surface area contributed by atoms with Crippen LogP contribution in [0.5, 0.6) is 0 Å². The van der Waals surface area contributed by atoms with Gasteiger partial charge in [-0.15, -0.1) is 0 Å². The Morgan fingerprint density at radius 2 is 0.982 bits per heavy atom. The number of carboxylic acids is 1. The van der Waals surface area contributed by atoms with E-state index in [-0.39, 0.29) is 49.1 Å². The van der Waals surface area contributed by atoms with Gasteiger partial charge in [0.1, 0.15) is 6.61 Å². The Morgan fingerprint density at radius 3 is 1.45 bits per heavy atom. The summed E-state index contributed by atoms with van der Waals surface area (Å²) >= 11 is 0. The molecule has 0 saturated heterocycles. The first kappa shape index (κ1) is 51.2. The third-order valence-corrected chi connectivity index (χ3v) is 8.48. The Labute approximate surface area is 335 Å². The van der Waals surface area contributed by atoms with Gasteiger partial charge in [-0.2, -0.15) is 0 Å². The lowest BCUT2D eigenvalue weighted by Gasteiger charge is -2.31. The number of ether oxygens (including phenoxy) is 3. The molecule has 0 bridgehead atoms. The van der Waals surface area contributed by atoms with Gasteiger partial charge in [0.15, 0.2) is 12.1 Å². The topological polar surface area (TPSA) is 99.1 Å². The summed E-state index contributed by atoms with van der Waals surface area (Å²) in [5.41, 5.74) is 0. The molecule has 0 rings (SSSR count). The molecule has 1 N–H and O–H groups in total. The molecule has 310 valence electrons. The van der Waals surface area contributed by atoms with E-state index in [1.165, 1.54) is 0 Å². The second-order valence-corrected chi connectivity index (χ2v) is 14.5. The standard InChI is InChI=1S/C47H75NO7/c1-6-8-10-12-14-16-18-19-20-21-22-23-24-25-26-28-30-32-34-36-38-46(50)55-43(41-53-40-39-44(47(51)52)48(3,4)5)42-54-45(49)37-35-33-31-29-27-17-15-13-11-9-7-2/h8-11,14-17,19-20,22-23,25-26,29,31,43-44H,6-7,12-13,18,21,24,27-28,30,32-42H2,1-5H3/p+1/b10-8+,11-9+,16-14+,17-15+,20-19+,23-22+,26-25+,31-29+. The van der Waals surface area contributed by atoms with Crippen molar-refractivity contribution in [1.82, 2.24) is 0 Å². The lowest BCUT2D eigenvalue weighted by atomic mass is 10.1. The second-order valence-electron chi connectivity index (χ2n) is 14.5. The van der Waals surface area contributed by atoms with Gasteiger partial charge in [-0.1, -0.05) is 124 Å². The number of rotatable bonds is 35. The van der Waals surface area contributed by atoms with Crippen LogP contribution in [0.4, 0.5) is 0 Å². The average Bonchev–Trinajstić information content (AvgIpc) is 3.14. The van der Waals surface area contributed by atoms with Crippen LogP contribution >= 0.6 is 0 Å². The molecule has 0 aliphatic rings. The molecule has 0 aromatic carbocycles. The number of likely N-dealkylation sites (N-methyl/N-ethyl adjacent to an activating group) is 1. The van der Waals surface area contributed by atoms with Gasteiger partial charge in [0.05, 0.1) is 34.4 Å². The number of quaternary nitrogens is 1. The predicted octanol–water partition coefficient (Wildman–Crippen LogP) is 11.1. The molecule has 2 unspecified atom stereocenters. The van der Waals surface area contributed by atoms with Crippen LogP contribution in [0.3, 0.4) is 0 Å². The SMILES string of the molecule is CC/C=C/C/C=C/C/C=C/C/C=C/C/C=C/CCCCCCC(=O)OC(COCCC(C(=O)O)[N+](C)(C)C)COC(=O)CCC/C=C/C/C=C/C/C=C/CC. The molecule has 0 aromatic heterocycles. The molecule has 0 aromatic rings. The Morgan fingerprint density at radius 1 is 0.545 bits per heavy atom. The minimum Gasteiger partial charge on any atom is -0.477 e. The van der Waals surface area contributed by atoms with Crippen LogP contribution in [0, 0.1) is 0 Å². The molecule has 2 atom stereocenters. The Balaban J connectivity index is 4.48. The van der Waals surface area contributed by atoms with E-state index in [9.17, 15) is 19.5 Å². The number of carbonyl (C=O) groups is 3. The predicted molar refractivity (Wildman–Crippen MR) is 229 cm³/mol. The van der Waals surface area contributed by atoms with Crippen molar-refractivity contribution in [3.8, 4) is 0 Å². The minimum atomic E-state index is -0.892. The Bertz CT molecular complexity index is 1220. The van der Waals surface area contributed by atoms with Crippen LogP contribution in [0.15, 0.2) is 97.2 Å². The minimum absolute atomic E-state index is 0.0280. The van der Waals surface area contributed by atoms with Crippen molar-refractivity contribution in [2.45, 2.75) is 142 Å². The van der Waals surface area contributed by atoms with E-state index in [0.717, 1.165) is 89.9 Å². The second kappa shape index (κ2) is 37.2. The number of aliphatic carboxylic acids is 1. The van der Waals surface area contributed by atoms with Gasteiger partial charge in [0.2, 0.25) is 0 Å². The number of hydrogen-bond acceptors (Lipinski definition) is 6. The van der Waals surface area contributed by atoms with Crippen molar-refractivity contribution in [2.24, 2.45) is 0 Å². The third kappa shape index (κ3) is 35.7. The molecule has 0 fully saturated rings. The fourth-order valence-corrected chi connectivity index (χ4v) is 5.32. The smallest absolute Gasteiger partial charge is 0.362 e. The largest absolute Gasteiger partial charge is 0.477 e. The summed E-state index contributed by atoms with van der Waals surface area (Å²) in [7, 11) is 5.48. The van der Waals surface area contributed by atoms with Gasteiger partial charge in [-0.05, 0) is 83.5 Å². The van der Waals surface area contributed by atoms with Crippen molar-refractivity contribution in [3.05, 3.63) is 97.2 Å². The highest BCUT2D eigenvalue weighted by Gasteiger charge is 2.31. The van der Waals surface area contributed by atoms with Gasteiger partial charge >= 0.3 is 17.9 Å². The number of hydrogen-bond donors (Lipinski definition) is 1. The van der Waals surface area contributed by atoms with Crippen LogP contribution in [0.2, 0.25) is 0 Å². The highest BCUT2D eigenvalue weighted by Crippen LogP contribution is 2.11. The molecule has 0 aliphatic carbocycles. The van der Waals surface area contributed by atoms with E-state index in [0.29, 0.717) is 12.8 Å². The van der Waals surface area contributed by atoms with E-state index >= 15 is 0 Å². The van der Waals surface area contributed by atoms with Gasteiger partial charge in [-0.3, -0.25) is 9.59 Å². The molecule has 0 amide bonds. The van der Waals surface area contributed by atoms with Gasteiger partial charge < -0.3 is 23.8 Å². The number of nitrogens with zero attached hydrogens (tertiary/aromatic N) is 1. The number of carboxylic acid groups (broad SMARTS) is 1. The summed E-state index contributed by atoms with van der Waals surface area (Å²) in [5, 5.41) is 9.60. The number of allylic oxidation sites excluding steroid dienone is 16. The van der Waals surface area contributed by atoms with Crippen molar-refractivity contribution in [2.75, 3.05) is 41.0 Å². The fourth-order valence-electron chi connectivity index (χ4n) is 5.32. The highest BCUT2D eigenvalue weighted by molar-refractivity contribution is 5.72. The maximum absolute atomic E-state index is 12.7. The average molecular weight is 767 g/mol. The summed E-state index contributed by atoms with van der Waals surface area (Å²) in [5.74, 6) is -1.59. The Kier molecular flexibility index (Phi) is 34.7. The van der Waals surface area contributed by atoms with E-state index < -0.39 is 18.1 Å². The number of carbonyl (C=O) groups excluding carboxylic acids is 2. The first-order chi connectivity index (χ1) is 26.6. The quantitative estimate of drug-likeness (QED) is 0.0297. The normalized spacial score (nSPS) is 14.0. The fraction of sp³-hybridized carbons (Fsp3) is 0.596. The zero-order chi connectivity index (χ0) is 40.7. The summed E-state index contributed by atoms with van der Waals surface area (Å²) < 4.78 is 17.1. The lowest BCUT2D eigenvalue weighted by molar-refractivity contribution is -0.887. The van der Waals surface area contributed by atoms with Gasteiger partial charge in [0.25, 0.3) is 0 Å². The zero-order valence-electron chi connectivity index (χ0n) is 35.1. The maximum atomic E-state index is 12.7. The maximum Gasteiger partial charge on any atom is 0.362 e. The number of unbranched alkanes of at least 4 members (excludes halogenated alkanes) is 5. The van der Waals surface area contributed by atoms with E-state index in [4.69, 9.17) is 14.2 Å². The number of esters is 2. The molecule has 0 saturated carbocycles. The van der Waals surface area contributed by atoms with Crippen molar-refractivity contribution < 1.29 is 38.2 Å². The molecule has 0 heterocycles. The Hall–Kier alpha value is -3.75. The van der Waals surface area contributed by atoms with Crippen LogP contribution in [-0.4, -0.2) is 80.6 Å². The summed E-state index contributed by atoms with van der Waals surface area (Å²) in [6.45, 7) is 4.38. The van der Waals surface area contributed by atoms with Crippen molar-refractivity contribution in [1.29, 1.82) is 0 Å². The molecule has 8 nitrogen and oxygen atoms in total. The van der Waals surface area contributed by atoms with Crippen molar-refractivity contribution >= 4 is 17.9 Å². The van der Waals surface area contributed by atoms with Crippen LogP contribution in [-0.2, 0) is 28.6 Å². The first-order valence-electron chi connectivity index (χ1n) is 20.8. The van der Waals surface area contributed by atoms with E-state index in [1.807, 2.05) is 21.1 Å². The molecule has 0 radical (unpaired) electrons. The summed E-state index contributed by atoms with van der Waals surface area (Å²) in [4.78, 5) is 36.8. The first-order valence-corrected chi connectivity index (χ1v) is 20.8. The lowest BCUT2D eigenvalue weighted by Crippen LogP contribution is -2.50. The molecule has 55 heavy (non-hydrogen) atoms. The van der Waals surface area contributed by atoms with E-state index in [2.05, 4.69) is 111 Å². The van der Waals surface area contributed by atoms with Crippen LogP contribution < -0.4 is 0 Å². The highest BCUT2D eigenvalue weighted by atomic mass is 16.6. The third-order valence-electron chi connectivity index (χ3n) is 8.48. The molecule has 0 aliphatic heterocycles. The van der Waals surface area contributed by atoms with E-state index in [1.54, 1.807) is 0 Å².